The Balaban J connectivity index is 1.47. The first-order valence-electron chi connectivity index (χ1n) is 11.9. The molecule has 0 unspecified atom stereocenters. The standard InChI is InChI=1S/C29H28FNO6/c1-29(2,3)37-27(34)25-17(9-8-14-23(25)30)15-24(26(32)33)31-28(35)36-16-22-20-12-6-4-10-18(20)19-11-5-7-13-21(19)22/h4-14,22,24H,15-16H2,1-3H3,(H,31,35)(H,32,33)/t24-/m0/s1. The molecular formula is C29H28FNO6. The van der Waals surface area contributed by atoms with Crippen LogP contribution in [0.5, 0.6) is 0 Å². The van der Waals surface area contributed by atoms with Crippen LogP contribution in [-0.2, 0) is 20.7 Å². The second-order valence-electron chi connectivity index (χ2n) is 9.84. The number of esters is 1. The summed E-state index contributed by atoms with van der Waals surface area (Å²) in [5, 5.41) is 12.1. The van der Waals surface area contributed by atoms with Crippen LogP contribution in [0.2, 0.25) is 0 Å². The third kappa shape index (κ3) is 5.80. The van der Waals surface area contributed by atoms with Crippen molar-refractivity contribution < 1.29 is 33.4 Å². The van der Waals surface area contributed by atoms with Gasteiger partial charge < -0.3 is 19.9 Å². The number of aliphatic carboxylic acids is 1. The summed E-state index contributed by atoms with van der Waals surface area (Å²) >= 11 is 0. The molecule has 0 fully saturated rings. The van der Waals surface area contributed by atoms with Gasteiger partial charge in [-0.3, -0.25) is 0 Å². The van der Waals surface area contributed by atoms with Gasteiger partial charge >= 0.3 is 18.0 Å². The van der Waals surface area contributed by atoms with Gasteiger partial charge in [-0.05, 0) is 54.7 Å². The van der Waals surface area contributed by atoms with E-state index >= 15 is 0 Å². The van der Waals surface area contributed by atoms with Crippen LogP contribution in [-0.4, -0.2) is 41.4 Å². The van der Waals surface area contributed by atoms with Gasteiger partial charge in [-0.1, -0.05) is 60.7 Å². The molecule has 37 heavy (non-hydrogen) atoms. The van der Waals surface area contributed by atoms with Crippen molar-refractivity contribution in [2.45, 2.75) is 44.8 Å². The normalized spacial score (nSPS) is 13.3. The molecule has 0 saturated carbocycles. The Kier molecular flexibility index (Phi) is 7.29. The molecule has 0 aliphatic heterocycles. The van der Waals surface area contributed by atoms with E-state index in [2.05, 4.69) is 5.32 Å². The number of carbonyl (C=O) groups is 3. The first-order valence-corrected chi connectivity index (χ1v) is 11.9. The minimum absolute atomic E-state index is 0.00925. The molecule has 3 aromatic carbocycles. The number of alkyl carbamates (subject to hydrolysis) is 1. The number of halogens is 1. The van der Waals surface area contributed by atoms with E-state index in [4.69, 9.17) is 9.47 Å². The van der Waals surface area contributed by atoms with Gasteiger partial charge in [0.2, 0.25) is 0 Å². The molecule has 0 aromatic heterocycles. The highest BCUT2D eigenvalue weighted by Gasteiger charge is 2.31. The highest BCUT2D eigenvalue weighted by atomic mass is 19.1. The van der Waals surface area contributed by atoms with E-state index in [1.54, 1.807) is 20.8 Å². The quantitative estimate of drug-likeness (QED) is 0.422. The highest BCUT2D eigenvalue weighted by molar-refractivity contribution is 5.92. The lowest BCUT2D eigenvalue weighted by atomic mass is 9.98. The Hall–Kier alpha value is -4.20. The summed E-state index contributed by atoms with van der Waals surface area (Å²) in [5.41, 5.74) is 3.04. The van der Waals surface area contributed by atoms with Crippen LogP contribution < -0.4 is 5.32 Å². The molecule has 0 radical (unpaired) electrons. The average Bonchev–Trinajstić information content (AvgIpc) is 3.15. The lowest BCUT2D eigenvalue weighted by molar-refractivity contribution is -0.139. The summed E-state index contributed by atoms with van der Waals surface area (Å²) in [4.78, 5) is 37.2. The number of fused-ring (bicyclic) bond motifs is 3. The maximum Gasteiger partial charge on any atom is 0.407 e. The summed E-state index contributed by atoms with van der Waals surface area (Å²) < 4.78 is 25.3. The lowest BCUT2D eigenvalue weighted by Gasteiger charge is -2.22. The van der Waals surface area contributed by atoms with Crippen LogP contribution in [0.3, 0.4) is 0 Å². The van der Waals surface area contributed by atoms with Gasteiger partial charge in [0, 0.05) is 12.3 Å². The second-order valence-corrected chi connectivity index (χ2v) is 9.84. The van der Waals surface area contributed by atoms with E-state index in [0.717, 1.165) is 28.3 Å². The summed E-state index contributed by atoms with van der Waals surface area (Å²) in [6, 6.07) is 18.1. The minimum atomic E-state index is -1.46. The number of carbonyl (C=O) groups excluding carboxylic acids is 2. The van der Waals surface area contributed by atoms with Gasteiger partial charge in [0.15, 0.2) is 0 Å². The van der Waals surface area contributed by atoms with Crippen LogP contribution in [0.4, 0.5) is 9.18 Å². The third-order valence-electron chi connectivity index (χ3n) is 6.06. The largest absolute Gasteiger partial charge is 0.480 e. The zero-order valence-corrected chi connectivity index (χ0v) is 20.8. The van der Waals surface area contributed by atoms with E-state index in [-0.39, 0.29) is 30.1 Å². The van der Waals surface area contributed by atoms with E-state index < -0.39 is 35.5 Å². The van der Waals surface area contributed by atoms with Crippen LogP contribution in [0, 0.1) is 5.82 Å². The predicted molar refractivity (Wildman–Crippen MR) is 135 cm³/mol. The SMILES string of the molecule is CC(C)(C)OC(=O)c1c(F)cccc1C[C@H](NC(=O)OCC1c2ccccc2-c2ccccc21)C(=O)O. The van der Waals surface area contributed by atoms with Gasteiger partial charge in [0.05, 0.1) is 5.56 Å². The van der Waals surface area contributed by atoms with Gasteiger partial charge in [-0.15, -0.1) is 0 Å². The highest BCUT2D eigenvalue weighted by Crippen LogP contribution is 2.44. The van der Waals surface area contributed by atoms with E-state index in [0.29, 0.717) is 0 Å². The Labute approximate surface area is 214 Å². The Morgan fingerprint density at radius 2 is 1.54 bits per heavy atom. The fourth-order valence-electron chi connectivity index (χ4n) is 4.50. The molecule has 1 amide bonds. The fourth-order valence-corrected chi connectivity index (χ4v) is 4.50. The molecule has 1 atom stereocenters. The summed E-state index contributed by atoms with van der Waals surface area (Å²) in [6.45, 7) is 4.94. The number of hydrogen-bond acceptors (Lipinski definition) is 5. The molecular weight excluding hydrogens is 477 g/mol. The van der Waals surface area contributed by atoms with Crippen LogP contribution >= 0.6 is 0 Å². The summed E-state index contributed by atoms with van der Waals surface area (Å²) in [6.07, 6.45) is -1.27. The van der Waals surface area contributed by atoms with Crippen molar-refractivity contribution in [1.29, 1.82) is 0 Å². The molecule has 0 saturated heterocycles. The van der Waals surface area contributed by atoms with Crippen LogP contribution in [0.1, 0.15) is 53.7 Å². The van der Waals surface area contributed by atoms with Crippen molar-refractivity contribution in [3.63, 3.8) is 0 Å². The van der Waals surface area contributed by atoms with Gasteiger partial charge in [-0.25, -0.2) is 18.8 Å². The summed E-state index contributed by atoms with van der Waals surface area (Å²) in [7, 11) is 0. The van der Waals surface area contributed by atoms with Crippen molar-refractivity contribution in [2.24, 2.45) is 0 Å². The number of benzene rings is 3. The number of carboxylic acid groups (broad SMARTS) is 1. The number of carboxylic acids is 1. The summed E-state index contributed by atoms with van der Waals surface area (Å²) in [5.74, 6) is -3.29. The molecule has 0 heterocycles. The zero-order valence-electron chi connectivity index (χ0n) is 20.8. The first-order chi connectivity index (χ1) is 17.5. The first kappa shape index (κ1) is 25.9. The Morgan fingerprint density at radius 1 is 0.946 bits per heavy atom. The van der Waals surface area contributed by atoms with Crippen LogP contribution in [0.25, 0.3) is 11.1 Å². The molecule has 0 bridgehead atoms. The Morgan fingerprint density at radius 3 is 2.11 bits per heavy atom. The maximum atomic E-state index is 14.6. The number of hydrogen-bond donors (Lipinski definition) is 2. The van der Waals surface area contributed by atoms with E-state index in [1.165, 1.54) is 12.1 Å². The Bertz CT molecular complexity index is 1300. The lowest BCUT2D eigenvalue weighted by Crippen LogP contribution is -2.43. The van der Waals surface area contributed by atoms with Crippen molar-refractivity contribution in [1.82, 2.24) is 5.32 Å². The molecule has 2 N–H and O–H groups in total. The smallest absolute Gasteiger partial charge is 0.407 e. The van der Waals surface area contributed by atoms with E-state index in [9.17, 15) is 23.9 Å². The fraction of sp³-hybridized carbons (Fsp3) is 0.276. The molecule has 4 rings (SSSR count). The maximum absolute atomic E-state index is 14.6. The number of amides is 1. The molecule has 0 spiro atoms. The number of nitrogens with one attached hydrogen (secondary N) is 1. The molecule has 192 valence electrons. The van der Waals surface area contributed by atoms with Gasteiger partial charge in [0.1, 0.15) is 24.1 Å². The van der Waals surface area contributed by atoms with Crippen molar-refractivity contribution in [3.8, 4) is 11.1 Å². The van der Waals surface area contributed by atoms with Crippen molar-refractivity contribution >= 4 is 18.0 Å². The second kappa shape index (κ2) is 10.4. The number of rotatable bonds is 7. The minimum Gasteiger partial charge on any atom is -0.480 e. The molecule has 1 aliphatic rings. The van der Waals surface area contributed by atoms with E-state index in [1.807, 2.05) is 48.5 Å². The van der Waals surface area contributed by atoms with Crippen LogP contribution in [0.15, 0.2) is 66.7 Å². The number of ether oxygens (including phenoxy) is 2. The monoisotopic (exact) mass is 505 g/mol. The zero-order chi connectivity index (χ0) is 26.7. The average molecular weight is 506 g/mol. The third-order valence-corrected chi connectivity index (χ3v) is 6.06. The van der Waals surface area contributed by atoms with Crippen molar-refractivity contribution in [3.05, 3.63) is 94.8 Å². The van der Waals surface area contributed by atoms with Crippen molar-refractivity contribution in [2.75, 3.05) is 6.61 Å². The molecule has 1 aliphatic carbocycles. The molecule has 8 heteroatoms. The van der Waals surface area contributed by atoms with Gasteiger partial charge in [0.25, 0.3) is 0 Å². The molecule has 3 aromatic rings. The topological polar surface area (TPSA) is 102 Å². The predicted octanol–water partition coefficient (Wildman–Crippen LogP) is 5.32. The van der Waals surface area contributed by atoms with Gasteiger partial charge in [-0.2, -0.15) is 0 Å². The molecule has 7 nitrogen and oxygen atoms in total.